The van der Waals surface area contributed by atoms with Gasteiger partial charge in [0.15, 0.2) is 0 Å². The molecule has 1 heterocycles. The van der Waals surface area contributed by atoms with Gasteiger partial charge in [-0.3, -0.25) is 4.79 Å². The van der Waals surface area contributed by atoms with Crippen LogP contribution in [-0.4, -0.2) is 33.6 Å². The number of alkyl carbamates (subject to hydrolysis) is 1. The lowest BCUT2D eigenvalue weighted by Gasteiger charge is -2.23. The van der Waals surface area contributed by atoms with Crippen LogP contribution in [0.25, 0.3) is 0 Å². The minimum atomic E-state index is -0.607. The van der Waals surface area contributed by atoms with Gasteiger partial charge in [-0.2, -0.15) is 0 Å². The molecule has 0 aliphatic carbocycles. The highest BCUT2D eigenvalue weighted by Gasteiger charge is 2.27. The third-order valence-electron chi connectivity index (χ3n) is 3.48. The topological polar surface area (TPSA) is 106 Å². The summed E-state index contributed by atoms with van der Waals surface area (Å²) in [7, 11) is 0. The molecule has 1 atom stereocenters. The minimum absolute atomic E-state index is 0.00141. The maximum absolute atomic E-state index is 12.1. The molecule has 1 aromatic heterocycles. The van der Waals surface area contributed by atoms with Crippen molar-refractivity contribution in [3.05, 3.63) is 34.6 Å². The van der Waals surface area contributed by atoms with Gasteiger partial charge in [-0.1, -0.05) is 41.5 Å². The average molecular weight is 485 g/mol. The molecule has 1 aromatic carbocycles. The molecule has 0 fully saturated rings. The van der Waals surface area contributed by atoms with Crippen LogP contribution in [0.2, 0.25) is 0 Å². The molecule has 0 saturated carbocycles. The number of amides is 2. The van der Waals surface area contributed by atoms with Crippen LogP contribution in [0.3, 0.4) is 0 Å². The Kier molecular flexibility index (Phi) is 8.09. The molecule has 2 aromatic rings. The zero-order valence-corrected chi connectivity index (χ0v) is 19.4. The summed E-state index contributed by atoms with van der Waals surface area (Å²) in [6, 6.07) is 6.79. The first-order valence-corrected chi connectivity index (χ1v) is 10.8. The van der Waals surface area contributed by atoms with Crippen molar-refractivity contribution >= 4 is 45.4 Å². The normalized spacial score (nSPS) is 12.5. The van der Waals surface area contributed by atoms with Gasteiger partial charge in [0.25, 0.3) is 5.22 Å². The predicted octanol–water partition coefficient (Wildman–Crippen LogP) is 4.78. The molecule has 29 heavy (non-hydrogen) atoms. The van der Waals surface area contributed by atoms with Gasteiger partial charge in [0.1, 0.15) is 11.6 Å². The highest BCUT2D eigenvalue weighted by Crippen LogP contribution is 2.25. The zero-order valence-electron chi connectivity index (χ0n) is 17.0. The van der Waals surface area contributed by atoms with Gasteiger partial charge in [0, 0.05) is 10.2 Å². The first kappa shape index (κ1) is 23.2. The first-order chi connectivity index (χ1) is 13.5. The molecule has 1 unspecified atom stereocenters. The number of nitrogens with one attached hydrogen (secondary N) is 2. The molecule has 0 saturated heterocycles. The van der Waals surface area contributed by atoms with Crippen LogP contribution in [-0.2, 0) is 9.53 Å². The number of carbonyl (C=O) groups excluding carboxylic acids is 2. The number of benzene rings is 1. The molecule has 158 valence electrons. The zero-order chi connectivity index (χ0) is 21.6. The van der Waals surface area contributed by atoms with E-state index in [0.29, 0.717) is 5.69 Å². The molecule has 10 heteroatoms. The number of ether oxygens (including phenoxy) is 1. The fraction of sp³-hybridized carbons (Fsp3) is 0.474. The van der Waals surface area contributed by atoms with E-state index in [-0.39, 0.29) is 28.7 Å². The number of rotatable bonds is 7. The Balaban J connectivity index is 1.92. The van der Waals surface area contributed by atoms with E-state index in [1.165, 1.54) is 0 Å². The molecule has 0 aliphatic heterocycles. The molecular weight excluding hydrogens is 460 g/mol. The van der Waals surface area contributed by atoms with E-state index in [1.54, 1.807) is 32.9 Å². The van der Waals surface area contributed by atoms with Crippen LogP contribution in [0.4, 0.5) is 10.5 Å². The lowest BCUT2D eigenvalue weighted by Crippen LogP contribution is -2.37. The van der Waals surface area contributed by atoms with E-state index in [1.807, 2.05) is 26.0 Å². The third kappa shape index (κ3) is 8.06. The van der Waals surface area contributed by atoms with Gasteiger partial charge in [0.2, 0.25) is 11.8 Å². The van der Waals surface area contributed by atoms with Crippen LogP contribution >= 0.6 is 27.7 Å². The monoisotopic (exact) mass is 484 g/mol. The molecule has 2 rings (SSSR count). The van der Waals surface area contributed by atoms with E-state index >= 15 is 0 Å². The van der Waals surface area contributed by atoms with Crippen molar-refractivity contribution in [2.24, 2.45) is 5.92 Å². The van der Waals surface area contributed by atoms with Crippen molar-refractivity contribution in [3.63, 3.8) is 0 Å². The van der Waals surface area contributed by atoms with Gasteiger partial charge in [0.05, 0.1) is 5.75 Å². The van der Waals surface area contributed by atoms with Crippen LogP contribution in [0.15, 0.2) is 38.4 Å². The minimum Gasteiger partial charge on any atom is -0.444 e. The van der Waals surface area contributed by atoms with E-state index in [0.717, 1.165) is 16.2 Å². The second-order valence-electron chi connectivity index (χ2n) is 7.62. The van der Waals surface area contributed by atoms with Crippen molar-refractivity contribution in [1.29, 1.82) is 0 Å². The lowest BCUT2D eigenvalue weighted by molar-refractivity contribution is -0.113. The van der Waals surface area contributed by atoms with Crippen LogP contribution in [0.5, 0.6) is 0 Å². The van der Waals surface area contributed by atoms with Crippen molar-refractivity contribution in [2.75, 3.05) is 11.1 Å². The highest BCUT2D eigenvalue weighted by molar-refractivity contribution is 9.10. The summed E-state index contributed by atoms with van der Waals surface area (Å²) in [5, 5.41) is 13.8. The molecule has 2 N–H and O–H groups in total. The maximum atomic E-state index is 12.1. The van der Waals surface area contributed by atoms with Crippen LogP contribution in [0.1, 0.15) is 46.6 Å². The SMILES string of the molecule is CC(C)C(NC(=O)OC(C)(C)C)c1nnc(SCC(=O)Nc2ccc(Br)cc2)o1. The number of halogens is 1. The molecule has 2 amide bonds. The second kappa shape index (κ2) is 10.1. The number of aromatic nitrogens is 2. The summed E-state index contributed by atoms with van der Waals surface area (Å²) in [4.78, 5) is 24.2. The predicted molar refractivity (Wildman–Crippen MR) is 115 cm³/mol. The van der Waals surface area contributed by atoms with E-state index in [4.69, 9.17) is 9.15 Å². The van der Waals surface area contributed by atoms with E-state index in [2.05, 4.69) is 36.8 Å². The lowest BCUT2D eigenvalue weighted by atomic mass is 10.1. The van der Waals surface area contributed by atoms with Crippen molar-refractivity contribution in [3.8, 4) is 0 Å². The maximum Gasteiger partial charge on any atom is 0.408 e. The Hall–Kier alpha value is -2.07. The van der Waals surface area contributed by atoms with Gasteiger partial charge < -0.3 is 19.8 Å². The summed E-state index contributed by atoms with van der Waals surface area (Å²) in [6.07, 6.45) is -0.558. The van der Waals surface area contributed by atoms with Crippen molar-refractivity contribution in [2.45, 2.75) is 51.5 Å². The molecule has 0 spiro atoms. The fourth-order valence-electron chi connectivity index (χ4n) is 2.21. The Labute approximate surface area is 182 Å². The third-order valence-corrected chi connectivity index (χ3v) is 4.83. The smallest absolute Gasteiger partial charge is 0.408 e. The standard InChI is InChI=1S/C19H25BrN4O4S/c1-11(2)15(22-17(26)28-19(3,4)5)16-23-24-18(27-16)29-10-14(25)21-13-8-6-12(20)7-9-13/h6-9,11,15H,10H2,1-5H3,(H,21,25)(H,22,26). The van der Waals surface area contributed by atoms with Gasteiger partial charge in [-0.25, -0.2) is 4.79 Å². The Morgan fingerprint density at radius 3 is 2.45 bits per heavy atom. The quantitative estimate of drug-likeness (QED) is 0.544. The van der Waals surface area contributed by atoms with Crippen molar-refractivity contribution in [1.82, 2.24) is 15.5 Å². The number of anilines is 1. The van der Waals surface area contributed by atoms with Gasteiger partial charge >= 0.3 is 6.09 Å². The number of hydrogen-bond acceptors (Lipinski definition) is 7. The molecule has 0 aliphatic rings. The van der Waals surface area contributed by atoms with E-state index in [9.17, 15) is 9.59 Å². The average Bonchev–Trinajstić information content (AvgIpc) is 3.07. The first-order valence-electron chi connectivity index (χ1n) is 9.04. The van der Waals surface area contributed by atoms with Gasteiger partial charge in [-0.05, 0) is 51.0 Å². The van der Waals surface area contributed by atoms with Crippen molar-refractivity contribution < 1.29 is 18.7 Å². The Bertz CT molecular complexity index is 833. The summed E-state index contributed by atoms with van der Waals surface area (Å²) in [5.41, 5.74) is 0.0929. The summed E-state index contributed by atoms with van der Waals surface area (Å²) in [6.45, 7) is 9.21. The molecule has 0 bridgehead atoms. The second-order valence-corrected chi connectivity index (χ2v) is 9.46. The number of thioether (sulfide) groups is 1. The number of nitrogens with zero attached hydrogens (tertiary/aromatic N) is 2. The van der Waals surface area contributed by atoms with Crippen LogP contribution in [0, 0.1) is 5.92 Å². The largest absolute Gasteiger partial charge is 0.444 e. The number of hydrogen-bond donors (Lipinski definition) is 2. The molecule has 8 nitrogen and oxygen atoms in total. The number of carbonyl (C=O) groups is 2. The molecular formula is C19H25BrN4O4S. The Morgan fingerprint density at radius 2 is 1.86 bits per heavy atom. The fourth-order valence-corrected chi connectivity index (χ4v) is 3.04. The summed E-state index contributed by atoms with van der Waals surface area (Å²) >= 11 is 4.47. The van der Waals surface area contributed by atoms with Gasteiger partial charge in [-0.15, -0.1) is 10.2 Å². The summed E-state index contributed by atoms with van der Waals surface area (Å²) < 4.78 is 11.9. The Morgan fingerprint density at radius 1 is 1.21 bits per heavy atom. The van der Waals surface area contributed by atoms with E-state index < -0.39 is 17.7 Å². The highest BCUT2D eigenvalue weighted by atomic mass is 79.9. The summed E-state index contributed by atoms with van der Waals surface area (Å²) in [5.74, 6) is 0.191. The van der Waals surface area contributed by atoms with Crippen LogP contribution < -0.4 is 10.6 Å². The molecule has 0 radical (unpaired) electrons.